The molecule has 0 amide bonds. The van der Waals surface area contributed by atoms with E-state index in [1.807, 2.05) is 12.1 Å². The molecule has 96 valence electrons. The van der Waals surface area contributed by atoms with Crippen molar-refractivity contribution in [3.05, 3.63) is 24.3 Å². The summed E-state index contributed by atoms with van der Waals surface area (Å²) < 4.78 is 25.2. The van der Waals surface area contributed by atoms with E-state index in [1.54, 1.807) is 18.2 Å². The summed E-state index contributed by atoms with van der Waals surface area (Å²) in [5.74, 6) is -0.527. The van der Waals surface area contributed by atoms with Crippen molar-refractivity contribution in [2.45, 2.75) is 12.8 Å². The zero-order chi connectivity index (χ0) is 13.0. The smallest absolute Gasteiger partial charge is 0.246 e. The average Bonchev–Trinajstić information content (AvgIpc) is 2.82. The van der Waals surface area contributed by atoms with Gasteiger partial charge in [0.15, 0.2) is 5.75 Å². The third-order valence-corrected chi connectivity index (χ3v) is 3.92. The minimum Gasteiger partial charge on any atom is -0.372 e. The van der Waals surface area contributed by atoms with Gasteiger partial charge in [0.25, 0.3) is 0 Å². The van der Waals surface area contributed by atoms with E-state index in [2.05, 4.69) is 9.62 Å². The first-order valence-electron chi connectivity index (χ1n) is 5.83. The second-order valence-corrected chi connectivity index (χ2v) is 5.98. The van der Waals surface area contributed by atoms with E-state index >= 15 is 0 Å². The van der Waals surface area contributed by atoms with Crippen LogP contribution in [-0.2, 0) is 10.0 Å². The van der Waals surface area contributed by atoms with Gasteiger partial charge in [-0.2, -0.15) is 5.26 Å². The van der Waals surface area contributed by atoms with Crippen molar-refractivity contribution in [2.24, 2.45) is 0 Å². The van der Waals surface area contributed by atoms with E-state index in [4.69, 9.17) is 5.26 Å². The highest BCUT2D eigenvalue weighted by atomic mass is 32.2. The number of hydrogen-bond donors (Lipinski definition) is 1. The Bertz CT molecular complexity index is 540. The molecule has 1 fully saturated rings. The van der Waals surface area contributed by atoms with Crippen LogP contribution >= 0.6 is 0 Å². The van der Waals surface area contributed by atoms with Gasteiger partial charge in [-0.15, -0.1) is 0 Å². The van der Waals surface area contributed by atoms with Crippen molar-refractivity contribution in [3.8, 4) is 6.07 Å². The number of nitriles is 1. The Balaban J connectivity index is 2.06. The molecular formula is C12H15N3O2S. The third kappa shape index (κ3) is 3.14. The van der Waals surface area contributed by atoms with Crippen LogP contribution in [0.1, 0.15) is 12.8 Å². The fraction of sp³-hybridized carbons (Fsp3) is 0.417. The van der Waals surface area contributed by atoms with Gasteiger partial charge in [-0.25, -0.2) is 8.42 Å². The predicted molar refractivity (Wildman–Crippen MR) is 70.9 cm³/mol. The number of anilines is 2. The lowest BCUT2D eigenvalue weighted by atomic mass is 10.2. The van der Waals surface area contributed by atoms with Crippen molar-refractivity contribution >= 4 is 21.4 Å². The second-order valence-electron chi connectivity index (χ2n) is 4.26. The fourth-order valence-corrected chi connectivity index (χ4v) is 2.75. The fourth-order valence-electron chi connectivity index (χ4n) is 2.02. The van der Waals surface area contributed by atoms with Gasteiger partial charge in [-0.1, -0.05) is 0 Å². The quantitative estimate of drug-likeness (QED) is 0.896. The Kier molecular flexibility index (Phi) is 3.72. The van der Waals surface area contributed by atoms with Gasteiger partial charge in [-0.05, 0) is 37.1 Å². The number of sulfonamides is 1. The first kappa shape index (κ1) is 12.7. The molecule has 1 N–H and O–H groups in total. The highest BCUT2D eigenvalue weighted by molar-refractivity contribution is 7.92. The van der Waals surface area contributed by atoms with E-state index in [-0.39, 0.29) is 0 Å². The van der Waals surface area contributed by atoms with Crippen LogP contribution in [0.5, 0.6) is 0 Å². The number of rotatable bonds is 4. The largest absolute Gasteiger partial charge is 0.372 e. The molecule has 0 atom stereocenters. The maximum absolute atomic E-state index is 11.4. The monoisotopic (exact) mass is 265 g/mol. The van der Waals surface area contributed by atoms with Crippen LogP contribution in [0.3, 0.4) is 0 Å². The molecular weight excluding hydrogens is 250 g/mol. The summed E-state index contributed by atoms with van der Waals surface area (Å²) in [4.78, 5) is 2.27. The molecule has 1 aliphatic rings. The predicted octanol–water partition coefficient (Wildman–Crippen LogP) is 1.55. The Labute approximate surface area is 107 Å². The molecule has 0 radical (unpaired) electrons. The van der Waals surface area contributed by atoms with Crippen molar-refractivity contribution in [3.63, 3.8) is 0 Å². The summed E-state index contributed by atoms with van der Waals surface area (Å²) in [6.45, 7) is 2.11. The number of hydrogen-bond acceptors (Lipinski definition) is 4. The van der Waals surface area contributed by atoms with Gasteiger partial charge in [-0.3, -0.25) is 4.72 Å². The van der Waals surface area contributed by atoms with Crippen LogP contribution in [0.25, 0.3) is 0 Å². The van der Waals surface area contributed by atoms with E-state index in [9.17, 15) is 8.42 Å². The Morgan fingerprint density at radius 3 is 2.39 bits per heavy atom. The first-order valence-corrected chi connectivity index (χ1v) is 7.48. The molecule has 0 aromatic heterocycles. The lowest BCUT2D eigenvalue weighted by Crippen LogP contribution is -2.18. The molecule has 0 spiro atoms. The van der Waals surface area contributed by atoms with Crippen LogP contribution in [-0.4, -0.2) is 27.3 Å². The first-order chi connectivity index (χ1) is 8.61. The summed E-state index contributed by atoms with van der Waals surface area (Å²) in [6.07, 6.45) is 2.41. The van der Waals surface area contributed by atoms with E-state index < -0.39 is 15.8 Å². The standard InChI is InChI=1S/C12H15N3O2S/c13-7-10-18(16,17)14-11-3-5-12(6-4-11)15-8-1-2-9-15/h3-6,14H,1-2,8-10H2. The molecule has 1 aliphatic heterocycles. The van der Waals surface area contributed by atoms with Crippen LogP contribution in [0.15, 0.2) is 24.3 Å². The SMILES string of the molecule is N#CCS(=O)(=O)Nc1ccc(N2CCCC2)cc1. The molecule has 2 rings (SSSR count). The van der Waals surface area contributed by atoms with Gasteiger partial charge in [0, 0.05) is 24.5 Å². The molecule has 18 heavy (non-hydrogen) atoms. The maximum atomic E-state index is 11.4. The molecule has 5 nitrogen and oxygen atoms in total. The topological polar surface area (TPSA) is 73.2 Å². The summed E-state index contributed by atoms with van der Waals surface area (Å²) in [5.41, 5.74) is 1.60. The molecule has 1 aromatic carbocycles. The Morgan fingerprint density at radius 2 is 1.83 bits per heavy atom. The Morgan fingerprint density at radius 1 is 1.22 bits per heavy atom. The van der Waals surface area contributed by atoms with Crippen LogP contribution in [0, 0.1) is 11.3 Å². The van der Waals surface area contributed by atoms with Gasteiger partial charge >= 0.3 is 0 Å². The van der Waals surface area contributed by atoms with E-state index in [0.29, 0.717) is 5.69 Å². The summed E-state index contributed by atoms with van der Waals surface area (Å²) in [6, 6.07) is 8.87. The number of nitrogens with zero attached hydrogens (tertiary/aromatic N) is 2. The third-order valence-electron chi connectivity index (χ3n) is 2.87. The second kappa shape index (κ2) is 5.27. The molecule has 0 unspecified atom stereocenters. The molecule has 0 aliphatic carbocycles. The van der Waals surface area contributed by atoms with Crippen molar-refractivity contribution in [2.75, 3.05) is 28.5 Å². The van der Waals surface area contributed by atoms with Gasteiger partial charge in [0.2, 0.25) is 10.0 Å². The number of nitrogens with one attached hydrogen (secondary N) is 1. The van der Waals surface area contributed by atoms with Crippen molar-refractivity contribution in [1.82, 2.24) is 0 Å². The zero-order valence-electron chi connectivity index (χ0n) is 9.96. The molecule has 6 heteroatoms. The van der Waals surface area contributed by atoms with Crippen LogP contribution in [0.4, 0.5) is 11.4 Å². The lowest BCUT2D eigenvalue weighted by molar-refractivity contribution is 0.604. The van der Waals surface area contributed by atoms with Gasteiger partial charge in [0.1, 0.15) is 0 Å². The van der Waals surface area contributed by atoms with Gasteiger partial charge in [0.05, 0.1) is 6.07 Å². The summed E-state index contributed by atoms with van der Waals surface area (Å²) >= 11 is 0. The molecule has 1 heterocycles. The Hall–Kier alpha value is -1.74. The minimum atomic E-state index is -3.54. The van der Waals surface area contributed by atoms with Crippen LogP contribution in [0.2, 0.25) is 0 Å². The molecule has 0 bridgehead atoms. The highest BCUT2D eigenvalue weighted by Crippen LogP contribution is 2.22. The maximum Gasteiger partial charge on any atom is 0.246 e. The van der Waals surface area contributed by atoms with Gasteiger partial charge < -0.3 is 4.90 Å². The molecule has 1 saturated heterocycles. The van der Waals surface area contributed by atoms with Crippen molar-refractivity contribution < 1.29 is 8.42 Å². The normalized spacial score (nSPS) is 15.4. The molecule has 0 saturated carbocycles. The van der Waals surface area contributed by atoms with E-state index in [1.165, 1.54) is 12.8 Å². The highest BCUT2D eigenvalue weighted by Gasteiger charge is 2.13. The average molecular weight is 265 g/mol. The minimum absolute atomic E-state index is 0.494. The van der Waals surface area contributed by atoms with Crippen molar-refractivity contribution in [1.29, 1.82) is 5.26 Å². The zero-order valence-corrected chi connectivity index (χ0v) is 10.8. The summed E-state index contributed by atoms with van der Waals surface area (Å²) in [7, 11) is -3.54. The van der Waals surface area contributed by atoms with E-state index in [0.717, 1.165) is 18.8 Å². The summed E-state index contributed by atoms with van der Waals surface area (Å²) in [5, 5.41) is 8.39. The lowest BCUT2D eigenvalue weighted by Gasteiger charge is -2.17. The molecule has 1 aromatic rings. The number of benzene rings is 1. The van der Waals surface area contributed by atoms with Crippen LogP contribution < -0.4 is 9.62 Å².